The fraction of sp³-hybridized carbons (Fsp3) is 0.0417. The number of aliphatic hydroxyl groups is 1. The third-order valence-electron chi connectivity index (χ3n) is 5.27. The summed E-state index contributed by atoms with van der Waals surface area (Å²) in [5.41, 5.74) is 0.461. The number of amides is 1. The van der Waals surface area contributed by atoms with E-state index in [1.165, 1.54) is 48.5 Å². The number of thiazole rings is 1. The minimum atomic E-state index is -1.20. The number of carbonyl (C=O) groups is 2. The van der Waals surface area contributed by atoms with E-state index in [1.54, 1.807) is 0 Å². The van der Waals surface area contributed by atoms with E-state index in [4.69, 9.17) is 0 Å². The molecule has 9 heteroatoms. The maximum absolute atomic E-state index is 14.1. The molecule has 0 radical (unpaired) electrons. The lowest BCUT2D eigenvalue weighted by atomic mass is 9.95. The van der Waals surface area contributed by atoms with E-state index < -0.39 is 40.9 Å². The molecular formula is C24H13F3N2O3S. The molecule has 1 saturated heterocycles. The number of nitrogens with zero attached hydrogens (tertiary/aromatic N) is 2. The third-order valence-corrected chi connectivity index (χ3v) is 6.29. The van der Waals surface area contributed by atoms with Crippen molar-refractivity contribution in [2.75, 3.05) is 4.90 Å². The van der Waals surface area contributed by atoms with Gasteiger partial charge in [-0.1, -0.05) is 23.5 Å². The van der Waals surface area contributed by atoms with Gasteiger partial charge in [0.25, 0.3) is 5.78 Å². The zero-order chi connectivity index (χ0) is 23.3. The van der Waals surface area contributed by atoms with Crippen LogP contribution in [0.3, 0.4) is 0 Å². The van der Waals surface area contributed by atoms with E-state index in [1.807, 2.05) is 0 Å². The van der Waals surface area contributed by atoms with Gasteiger partial charge in [0.2, 0.25) is 0 Å². The van der Waals surface area contributed by atoms with Crippen LogP contribution in [0.1, 0.15) is 17.2 Å². The fourth-order valence-corrected chi connectivity index (χ4v) is 4.79. The third kappa shape index (κ3) is 3.56. The summed E-state index contributed by atoms with van der Waals surface area (Å²) in [6, 6.07) is 12.7. The molecule has 1 fully saturated rings. The molecule has 0 spiro atoms. The number of fused-ring (bicyclic) bond motifs is 1. The van der Waals surface area contributed by atoms with Gasteiger partial charge in [0.1, 0.15) is 23.2 Å². The summed E-state index contributed by atoms with van der Waals surface area (Å²) in [5.74, 6) is -4.15. The molecule has 1 N–H and O–H groups in total. The molecule has 33 heavy (non-hydrogen) atoms. The highest BCUT2D eigenvalue weighted by molar-refractivity contribution is 7.22. The first-order valence-corrected chi connectivity index (χ1v) is 10.5. The number of hydrogen-bond acceptors (Lipinski definition) is 5. The van der Waals surface area contributed by atoms with Crippen molar-refractivity contribution in [3.63, 3.8) is 0 Å². The number of rotatable bonds is 3. The first-order chi connectivity index (χ1) is 15.8. The molecule has 4 aromatic rings. The molecule has 1 aliphatic heterocycles. The molecule has 1 aromatic heterocycles. The van der Waals surface area contributed by atoms with Gasteiger partial charge < -0.3 is 5.11 Å². The molecular weight excluding hydrogens is 453 g/mol. The van der Waals surface area contributed by atoms with Gasteiger partial charge in [-0.25, -0.2) is 18.2 Å². The van der Waals surface area contributed by atoms with E-state index in [2.05, 4.69) is 4.98 Å². The summed E-state index contributed by atoms with van der Waals surface area (Å²) in [5, 5.41) is 11.0. The Morgan fingerprint density at radius 2 is 1.61 bits per heavy atom. The van der Waals surface area contributed by atoms with Crippen LogP contribution < -0.4 is 4.90 Å². The molecule has 0 unspecified atom stereocenters. The van der Waals surface area contributed by atoms with Crippen LogP contribution in [0.4, 0.5) is 18.3 Å². The number of ketones is 1. The Morgan fingerprint density at radius 3 is 2.33 bits per heavy atom. The minimum Gasteiger partial charge on any atom is -0.507 e. The highest BCUT2D eigenvalue weighted by Gasteiger charge is 2.48. The minimum absolute atomic E-state index is 0.0881. The van der Waals surface area contributed by atoms with E-state index in [9.17, 15) is 27.9 Å². The van der Waals surface area contributed by atoms with Gasteiger partial charge >= 0.3 is 5.91 Å². The first kappa shape index (κ1) is 20.9. The lowest BCUT2D eigenvalue weighted by Crippen LogP contribution is -2.29. The van der Waals surface area contributed by atoms with Crippen LogP contribution in [-0.4, -0.2) is 21.8 Å². The number of Topliss-reactive ketones (excluding diaryl/α,β-unsaturated/α-hetero) is 1. The van der Waals surface area contributed by atoms with E-state index in [0.717, 1.165) is 34.4 Å². The van der Waals surface area contributed by atoms with Crippen LogP contribution in [0.5, 0.6) is 0 Å². The van der Waals surface area contributed by atoms with Gasteiger partial charge in [-0.15, -0.1) is 0 Å². The second-order valence-corrected chi connectivity index (χ2v) is 8.35. The van der Waals surface area contributed by atoms with Crippen molar-refractivity contribution >= 4 is 44.1 Å². The maximum Gasteiger partial charge on any atom is 0.301 e. The van der Waals surface area contributed by atoms with Crippen molar-refractivity contribution in [3.8, 4) is 0 Å². The van der Waals surface area contributed by atoms with Crippen molar-refractivity contribution in [1.29, 1.82) is 0 Å². The first-order valence-electron chi connectivity index (χ1n) is 9.72. The zero-order valence-corrected chi connectivity index (χ0v) is 17.4. The monoisotopic (exact) mass is 466 g/mol. The molecule has 1 aliphatic rings. The Balaban J connectivity index is 1.74. The van der Waals surface area contributed by atoms with Crippen molar-refractivity contribution < 1.29 is 27.9 Å². The molecule has 1 amide bonds. The van der Waals surface area contributed by atoms with Crippen molar-refractivity contribution in [3.05, 3.63) is 101 Å². The summed E-state index contributed by atoms with van der Waals surface area (Å²) in [6.45, 7) is 0. The SMILES string of the molecule is O=C1C(=O)N(c2nc3ccc(F)cc3s2)[C@H](c2cccc(F)c2)/C1=C(\O)c1ccc(F)cc1. The number of hydrogen-bond donors (Lipinski definition) is 1. The van der Waals surface area contributed by atoms with E-state index in [0.29, 0.717) is 10.2 Å². The smallest absolute Gasteiger partial charge is 0.301 e. The number of aromatic nitrogens is 1. The Bertz CT molecular complexity index is 1460. The fourth-order valence-electron chi connectivity index (χ4n) is 3.77. The summed E-state index contributed by atoms with van der Waals surface area (Å²) >= 11 is 0.983. The van der Waals surface area contributed by atoms with E-state index >= 15 is 0 Å². The second-order valence-electron chi connectivity index (χ2n) is 7.34. The zero-order valence-electron chi connectivity index (χ0n) is 16.6. The quantitative estimate of drug-likeness (QED) is 0.251. The number of aliphatic hydroxyl groups excluding tert-OH is 1. The maximum atomic E-state index is 14.1. The summed E-state index contributed by atoms with van der Waals surface area (Å²) in [6.07, 6.45) is 0. The van der Waals surface area contributed by atoms with Gasteiger partial charge in [-0.2, -0.15) is 0 Å². The van der Waals surface area contributed by atoms with Crippen LogP contribution in [0.25, 0.3) is 16.0 Å². The number of halogens is 3. The highest BCUT2D eigenvalue weighted by atomic mass is 32.1. The summed E-state index contributed by atoms with van der Waals surface area (Å²) < 4.78 is 41.6. The average Bonchev–Trinajstić information content (AvgIpc) is 3.32. The van der Waals surface area contributed by atoms with Crippen molar-refractivity contribution in [1.82, 2.24) is 4.98 Å². The largest absolute Gasteiger partial charge is 0.507 e. The Morgan fingerprint density at radius 1 is 0.909 bits per heavy atom. The van der Waals surface area contributed by atoms with Gasteiger partial charge in [0.15, 0.2) is 5.13 Å². The number of carbonyl (C=O) groups excluding carboxylic acids is 2. The number of anilines is 1. The summed E-state index contributed by atoms with van der Waals surface area (Å²) in [7, 11) is 0. The lowest BCUT2D eigenvalue weighted by Gasteiger charge is -2.23. The van der Waals surface area contributed by atoms with Crippen LogP contribution in [0.2, 0.25) is 0 Å². The van der Waals surface area contributed by atoms with E-state index in [-0.39, 0.29) is 21.8 Å². The molecule has 3 aromatic carbocycles. The van der Waals surface area contributed by atoms with Crippen LogP contribution >= 0.6 is 11.3 Å². The molecule has 0 aliphatic carbocycles. The predicted molar refractivity (Wildman–Crippen MR) is 117 cm³/mol. The normalized spacial score (nSPS) is 17.8. The van der Waals surface area contributed by atoms with Crippen LogP contribution in [0.15, 0.2) is 72.3 Å². The highest BCUT2D eigenvalue weighted by Crippen LogP contribution is 2.44. The number of benzene rings is 3. The van der Waals surface area contributed by atoms with Gasteiger partial charge in [0, 0.05) is 5.56 Å². The Labute approximate surface area is 189 Å². The van der Waals surface area contributed by atoms with Crippen LogP contribution in [0, 0.1) is 17.5 Å². The molecule has 164 valence electrons. The molecule has 5 nitrogen and oxygen atoms in total. The molecule has 0 bridgehead atoms. The molecule has 0 saturated carbocycles. The van der Waals surface area contributed by atoms with Gasteiger partial charge in [-0.05, 0) is 60.2 Å². The second kappa shape index (κ2) is 7.86. The van der Waals surface area contributed by atoms with Crippen molar-refractivity contribution in [2.45, 2.75) is 6.04 Å². The molecule has 5 rings (SSSR count). The lowest BCUT2D eigenvalue weighted by molar-refractivity contribution is -0.132. The Hall–Kier alpha value is -3.98. The topological polar surface area (TPSA) is 70.5 Å². The average molecular weight is 466 g/mol. The van der Waals surface area contributed by atoms with Gasteiger partial charge in [-0.3, -0.25) is 14.5 Å². The van der Waals surface area contributed by atoms with Gasteiger partial charge in [0.05, 0.1) is 21.8 Å². The molecule has 1 atom stereocenters. The standard InChI is InChI=1S/C24H13F3N2O3S/c25-14-6-4-12(5-7-14)21(30)19-20(13-2-1-3-15(26)10-13)29(23(32)22(19)31)24-28-17-9-8-16(27)11-18(17)33-24/h1-11,20,30H/b21-19+/t20-/m1/s1. The predicted octanol–water partition coefficient (Wildman–Crippen LogP) is 5.34. The van der Waals surface area contributed by atoms with Crippen LogP contribution in [-0.2, 0) is 9.59 Å². The molecule has 2 heterocycles. The van der Waals surface area contributed by atoms with Crippen molar-refractivity contribution in [2.24, 2.45) is 0 Å². The summed E-state index contributed by atoms with van der Waals surface area (Å²) in [4.78, 5) is 31.6. The Kier molecular flexibility index (Phi) is 4.98.